The van der Waals surface area contributed by atoms with Gasteiger partial charge in [-0.3, -0.25) is 4.79 Å². The zero-order chi connectivity index (χ0) is 15.6. The quantitative estimate of drug-likeness (QED) is 0.640. The third-order valence-corrected chi connectivity index (χ3v) is 3.69. The molecule has 0 radical (unpaired) electrons. The molecule has 1 aromatic heterocycles. The summed E-state index contributed by atoms with van der Waals surface area (Å²) in [6.45, 7) is 5.50. The van der Waals surface area contributed by atoms with Crippen LogP contribution in [0.15, 0.2) is 36.4 Å². The Morgan fingerprint density at radius 2 is 1.76 bits per heavy atom. The van der Waals surface area contributed by atoms with Crippen molar-refractivity contribution in [1.82, 2.24) is 4.57 Å². The lowest BCUT2D eigenvalue weighted by Crippen LogP contribution is -2.20. The highest BCUT2D eigenvalue weighted by atomic mass is 16.5. The number of ketones is 1. The van der Waals surface area contributed by atoms with E-state index in [1.165, 1.54) is 7.11 Å². The average Bonchev–Trinajstić information content (AvgIpc) is 2.80. The summed E-state index contributed by atoms with van der Waals surface area (Å²) in [4.78, 5) is 24.3. The van der Waals surface area contributed by atoms with Crippen LogP contribution in [0, 0.1) is 13.8 Å². The summed E-state index contributed by atoms with van der Waals surface area (Å²) >= 11 is 0. The fraction of sp³-hybridized carbons (Fsp3) is 0.294. The van der Waals surface area contributed by atoms with Gasteiger partial charge in [0, 0.05) is 22.5 Å². The molecule has 0 saturated heterocycles. The van der Waals surface area contributed by atoms with Crippen LogP contribution in [0.5, 0.6) is 0 Å². The molecule has 2 aromatic rings. The van der Waals surface area contributed by atoms with Crippen molar-refractivity contribution in [3.05, 3.63) is 58.9 Å². The van der Waals surface area contributed by atoms with E-state index in [0.717, 1.165) is 11.4 Å². The van der Waals surface area contributed by atoms with Crippen LogP contribution in [-0.4, -0.2) is 23.4 Å². The molecular weight excluding hydrogens is 266 g/mol. The number of ether oxygens (including phenoxy) is 1. The minimum atomic E-state index is -0.452. The highest BCUT2D eigenvalue weighted by Gasteiger charge is 2.23. The first-order chi connectivity index (χ1) is 9.97. The second kappa shape index (κ2) is 5.95. The van der Waals surface area contributed by atoms with Gasteiger partial charge < -0.3 is 9.30 Å². The molecule has 1 heterocycles. The first-order valence-electron chi connectivity index (χ1n) is 6.83. The standard InChI is InChI=1S/C17H19NO3/c1-11-10-15(16(19)14-8-6-5-7-9-14)12(2)18(11)13(3)17(20)21-4/h5-10,13H,1-4H3. The van der Waals surface area contributed by atoms with Crippen LogP contribution < -0.4 is 0 Å². The van der Waals surface area contributed by atoms with Gasteiger partial charge in [-0.15, -0.1) is 0 Å². The predicted octanol–water partition coefficient (Wildman–Crippen LogP) is 3.07. The molecule has 4 heteroatoms. The summed E-state index contributed by atoms with van der Waals surface area (Å²) in [5.74, 6) is -0.359. The molecule has 0 saturated carbocycles. The van der Waals surface area contributed by atoms with Crippen molar-refractivity contribution in [3.8, 4) is 0 Å². The number of methoxy groups -OCH3 is 1. The van der Waals surface area contributed by atoms with Crippen molar-refractivity contribution < 1.29 is 14.3 Å². The number of hydrogen-bond acceptors (Lipinski definition) is 3. The van der Waals surface area contributed by atoms with Crippen LogP contribution >= 0.6 is 0 Å². The van der Waals surface area contributed by atoms with Gasteiger partial charge in [-0.25, -0.2) is 4.79 Å². The normalized spacial score (nSPS) is 12.0. The molecule has 110 valence electrons. The van der Waals surface area contributed by atoms with Gasteiger partial charge in [-0.2, -0.15) is 0 Å². The maximum absolute atomic E-state index is 12.6. The highest BCUT2D eigenvalue weighted by molar-refractivity contribution is 6.10. The van der Waals surface area contributed by atoms with Crippen molar-refractivity contribution in [2.45, 2.75) is 26.8 Å². The Morgan fingerprint density at radius 1 is 1.14 bits per heavy atom. The summed E-state index contributed by atoms with van der Waals surface area (Å²) in [5, 5.41) is 0. The molecule has 2 rings (SSSR count). The molecule has 0 aliphatic heterocycles. The molecule has 4 nitrogen and oxygen atoms in total. The van der Waals surface area contributed by atoms with Crippen molar-refractivity contribution in [1.29, 1.82) is 0 Å². The number of benzene rings is 1. The maximum atomic E-state index is 12.6. The zero-order valence-corrected chi connectivity index (χ0v) is 12.7. The molecule has 0 aliphatic carbocycles. The molecule has 1 aromatic carbocycles. The third kappa shape index (κ3) is 2.75. The number of hydrogen-bond donors (Lipinski definition) is 0. The lowest BCUT2D eigenvalue weighted by Gasteiger charge is -2.16. The molecule has 0 aliphatic rings. The molecular formula is C17H19NO3. The summed E-state index contributed by atoms with van der Waals surface area (Å²) in [7, 11) is 1.36. The largest absolute Gasteiger partial charge is 0.467 e. The Kier molecular flexibility index (Phi) is 4.26. The number of aryl methyl sites for hydroxylation is 1. The van der Waals surface area contributed by atoms with E-state index in [1.54, 1.807) is 19.1 Å². The van der Waals surface area contributed by atoms with Crippen LogP contribution in [0.3, 0.4) is 0 Å². The summed E-state index contributed by atoms with van der Waals surface area (Å²) in [6, 6.07) is 10.5. The lowest BCUT2D eigenvalue weighted by atomic mass is 10.0. The molecule has 21 heavy (non-hydrogen) atoms. The van der Waals surface area contributed by atoms with Crippen LogP contribution in [0.4, 0.5) is 0 Å². The summed E-state index contributed by atoms with van der Waals surface area (Å²) in [6.07, 6.45) is 0. The Bertz CT molecular complexity index is 671. The van der Waals surface area contributed by atoms with Gasteiger partial charge in [-0.1, -0.05) is 30.3 Å². The van der Waals surface area contributed by atoms with Gasteiger partial charge in [0.15, 0.2) is 5.78 Å². The Hall–Kier alpha value is -2.36. The molecule has 0 N–H and O–H groups in total. The van der Waals surface area contributed by atoms with Crippen molar-refractivity contribution in [2.24, 2.45) is 0 Å². The number of rotatable bonds is 4. The first-order valence-corrected chi connectivity index (χ1v) is 6.83. The van der Waals surface area contributed by atoms with Crippen LogP contribution in [-0.2, 0) is 9.53 Å². The van der Waals surface area contributed by atoms with Crippen molar-refractivity contribution >= 4 is 11.8 Å². The monoisotopic (exact) mass is 285 g/mol. The van der Waals surface area contributed by atoms with E-state index >= 15 is 0 Å². The van der Waals surface area contributed by atoms with Gasteiger partial charge in [-0.05, 0) is 26.8 Å². The van der Waals surface area contributed by atoms with E-state index in [1.807, 2.05) is 42.7 Å². The van der Waals surface area contributed by atoms with E-state index in [0.29, 0.717) is 11.1 Å². The molecule has 0 spiro atoms. The summed E-state index contributed by atoms with van der Waals surface area (Å²) in [5.41, 5.74) is 2.90. The zero-order valence-electron chi connectivity index (χ0n) is 12.7. The van der Waals surface area contributed by atoms with Gasteiger partial charge >= 0.3 is 5.97 Å². The van der Waals surface area contributed by atoms with Gasteiger partial charge in [0.25, 0.3) is 0 Å². The fourth-order valence-electron chi connectivity index (χ4n) is 2.62. The minimum absolute atomic E-state index is 0.0352. The number of carbonyl (C=O) groups excluding carboxylic acids is 2. The third-order valence-electron chi connectivity index (χ3n) is 3.69. The van der Waals surface area contributed by atoms with Gasteiger partial charge in [0.1, 0.15) is 6.04 Å². The topological polar surface area (TPSA) is 48.3 Å². The second-order valence-electron chi connectivity index (χ2n) is 5.05. The highest BCUT2D eigenvalue weighted by Crippen LogP contribution is 2.23. The first kappa shape index (κ1) is 15.0. The molecule has 0 bridgehead atoms. The fourth-order valence-corrected chi connectivity index (χ4v) is 2.62. The van der Waals surface area contributed by atoms with E-state index in [2.05, 4.69) is 0 Å². The number of esters is 1. The van der Waals surface area contributed by atoms with E-state index < -0.39 is 6.04 Å². The van der Waals surface area contributed by atoms with E-state index in [9.17, 15) is 9.59 Å². The predicted molar refractivity (Wildman–Crippen MR) is 80.5 cm³/mol. The number of carbonyl (C=O) groups is 2. The van der Waals surface area contributed by atoms with Gasteiger partial charge in [0.2, 0.25) is 0 Å². The number of nitrogens with zero attached hydrogens (tertiary/aromatic N) is 1. The van der Waals surface area contributed by atoms with Crippen LogP contribution in [0.2, 0.25) is 0 Å². The smallest absolute Gasteiger partial charge is 0.328 e. The maximum Gasteiger partial charge on any atom is 0.328 e. The summed E-state index contributed by atoms with van der Waals surface area (Å²) < 4.78 is 6.62. The Balaban J connectivity index is 2.44. The van der Waals surface area contributed by atoms with E-state index in [4.69, 9.17) is 4.74 Å². The van der Waals surface area contributed by atoms with E-state index in [-0.39, 0.29) is 11.8 Å². The van der Waals surface area contributed by atoms with Gasteiger partial charge in [0.05, 0.1) is 7.11 Å². The number of aromatic nitrogens is 1. The van der Waals surface area contributed by atoms with Crippen molar-refractivity contribution in [3.63, 3.8) is 0 Å². The Labute approximate surface area is 124 Å². The van der Waals surface area contributed by atoms with Crippen molar-refractivity contribution in [2.75, 3.05) is 7.11 Å². The molecule has 0 amide bonds. The Morgan fingerprint density at radius 3 is 2.33 bits per heavy atom. The van der Waals surface area contributed by atoms with Crippen LogP contribution in [0.1, 0.15) is 40.3 Å². The molecule has 0 fully saturated rings. The second-order valence-corrected chi connectivity index (χ2v) is 5.05. The molecule has 1 unspecified atom stereocenters. The SMILES string of the molecule is COC(=O)C(C)n1c(C)cc(C(=O)c2ccccc2)c1C. The molecule has 1 atom stereocenters. The van der Waals surface area contributed by atoms with Crippen LogP contribution in [0.25, 0.3) is 0 Å². The lowest BCUT2D eigenvalue weighted by molar-refractivity contribution is -0.144. The average molecular weight is 285 g/mol. The minimum Gasteiger partial charge on any atom is -0.467 e.